The summed E-state index contributed by atoms with van der Waals surface area (Å²) in [4.78, 5) is 22.0. The number of aliphatic carboxylic acids is 1. The van der Waals surface area contributed by atoms with Gasteiger partial charge in [-0.3, -0.25) is 4.79 Å². The van der Waals surface area contributed by atoms with Gasteiger partial charge in [-0.1, -0.05) is 19.8 Å². The first-order chi connectivity index (χ1) is 8.88. The van der Waals surface area contributed by atoms with Gasteiger partial charge in [-0.2, -0.15) is 0 Å². The van der Waals surface area contributed by atoms with E-state index in [-0.39, 0.29) is 11.8 Å². The number of hydrogen-bond acceptors (Lipinski definition) is 4. The Hall–Kier alpha value is -1.10. The molecule has 0 fully saturated rings. The van der Waals surface area contributed by atoms with Crippen LogP contribution in [0.15, 0.2) is 0 Å². The summed E-state index contributed by atoms with van der Waals surface area (Å²) in [6.45, 7) is 3.58. The second-order valence-electron chi connectivity index (χ2n) is 5.23. The first kappa shape index (κ1) is 17.9. The highest BCUT2D eigenvalue weighted by Crippen LogP contribution is 2.19. The van der Waals surface area contributed by atoms with Gasteiger partial charge >= 0.3 is 0 Å². The lowest BCUT2D eigenvalue weighted by molar-refractivity contribution is -0.312. The normalized spacial score (nSPS) is 15.7. The smallest absolute Gasteiger partial charge is 0.220 e. The number of amides is 1. The van der Waals surface area contributed by atoms with E-state index >= 15 is 0 Å². The summed E-state index contributed by atoms with van der Waals surface area (Å²) in [5, 5.41) is 20.1. The minimum absolute atomic E-state index is 0.167. The van der Waals surface area contributed by atoms with E-state index in [1.54, 1.807) is 6.92 Å². The van der Waals surface area contributed by atoms with E-state index < -0.39 is 18.0 Å². The van der Waals surface area contributed by atoms with Crippen LogP contribution >= 0.6 is 0 Å². The van der Waals surface area contributed by atoms with E-state index in [0.29, 0.717) is 44.9 Å². The SMILES string of the molecule is CCC(CCCC(CCCC(C)O)C(=O)[O-])C(N)=O. The zero-order chi connectivity index (χ0) is 14.8. The zero-order valence-corrected chi connectivity index (χ0v) is 11.9. The largest absolute Gasteiger partial charge is 0.550 e. The molecule has 19 heavy (non-hydrogen) atoms. The molecule has 3 unspecified atom stereocenters. The summed E-state index contributed by atoms with van der Waals surface area (Å²) in [5.74, 6) is -2.02. The van der Waals surface area contributed by atoms with Crippen LogP contribution in [0, 0.1) is 11.8 Å². The van der Waals surface area contributed by atoms with Crippen molar-refractivity contribution in [3.8, 4) is 0 Å². The molecular weight excluding hydrogens is 246 g/mol. The van der Waals surface area contributed by atoms with Crippen molar-refractivity contribution in [3.63, 3.8) is 0 Å². The standard InChI is InChI=1S/C14H27NO4/c1-3-11(13(15)17)7-5-9-12(14(18)19)8-4-6-10(2)16/h10-12,16H,3-9H2,1-2H3,(H2,15,17)(H,18,19)/p-1. The van der Waals surface area contributed by atoms with Gasteiger partial charge in [0.2, 0.25) is 5.91 Å². The second kappa shape index (κ2) is 9.78. The molecule has 0 aliphatic rings. The maximum Gasteiger partial charge on any atom is 0.220 e. The van der Waals surface area contributed by atoms with Crippen molar-refractivity contribution in [3.05, 3.63) is 0 Å². The lowest BCUT2D eigenvalue weighted by Crippen LogP contribution is -2.31. The number of hydrogen-bond donors (Lipinski definition) is 2. The second-order valence-corrected chi connectivity index (χ2v) is 5.23. The Bertz CT molecular complexity index is 279. The van der Waals surface area contributed by atoms with Crippen molar-refractivity contribution in [1.82, 2.24) is 0 Å². The van der Waals surface area contributed by atoms with Crippen LogP contribution in [0.5, 0.6) is 0 Å². The summed E-state index contributed by atoms with van der Waals surface area (Å²) in [7, 11) is 0. The molecule has 0 saturated heterocycles. The molecule has 0 heterocycles. The van der Waals surface area contributed by atoms with Gasteiger partial charge in [0.1, 0.15) is 0 Å². The lowest BCUT2D eigenvalue weighted by atomic mass is 9.91. The van der Waals surface area contributed by atoms with Crippen LogP contribution in [0.25, 0.3) is 0 Å². The van der Waals surface area contributed by atoms with Crippen molar-refractivity contribution in [1.29, 1.82) is 0 Å². The van der Waals surface area contributed by atoms with Crippen LogP contribution < -0.4 is 10.8 Å². The molecule has 0 aliphatic heterocycles. The average molecular weight is 272 g/mol. The molecule has 3 N–H and O–H groups in total. The zero-order valence-electron chi connectivity index (χ0n) is 11.9. The maximum atomic E-state index is 11.1. The third-order valence-electron chi connectivity index (χ3n) is 3.51. The van der Waals surface area contributed by atoms with E-state index in [0.717, 1.165) is 0 Å². The van der Waals surface area contributed by atoms with Gasteiger partial charge in [-0.25, -0.2) is 0 Å². The highest BCUT2D eigenvalue weighted by atomic mass is 16.4. The Morgan fingerprint density at radius 3 is 1.95 bits per heavy atom. The predicted octanol–water partition coefficient (Wildman–Crippen LogP) is 0.585. The summed E-state index contributed by atoms with van der Waals surface area (Å²) in [6, 6.07) is 0. The fourth-order valence-corrected chi connectivity index (χ4v) is 2.20. The van der Waals surface area contributed by atoms with Crippen LogP contribution in [0.1, 0.15) is 58.8 Å². The van der Waals surface area contributed by atoms with E-state index in [1.807, 2.05) is 6.92 Å². The van der Waals surface area contributed by atoms with Crippen LogP contribution in [-0.2, 0) is 9.59 Å². The van der Waals surface area contributed by atoms with Gasteiger partial charge in [-0.15, -0.1) is 0 Å². The van der Waals surface area contributed by atoms with Crippen molar-refractivity contribution < 1.29 is 19.8 Å². The Balaban J connectivity index is 4.01. The fourth-order valence-electron chi connectivity index (χ4n) is 2.20. The highest BCUT2D eigenvalue weighted by molar-refractivity contribution is 5.76. The van der Waals surface area contributed by atoms with Crippen LogP contribution in [0.4, 0.5) is 0 Å². The Morgan fingerprint density at radius 2 is 1.58 bits per heavy atom. The van der Waals surface area contributed by atoms with Crippen molar-refractivity contribution in [2.24, 2.45) is 17.6 Å². The molecule has 0 aliphatic carbocycles. The predicted molar refractivity (Wildman–Crippen MR) is 70.9 cm³/mol. The van der Waals surface area contributed by atoms with E-state index in [4.69, 9.17) is 10.8 Å². The molecular formula is C14H26NO4-. The number of carboxylic acid groups (broad SMARTS) is 1. The molecule has 0 rings (SSSR count). The van der Waals surface area contributed by atoms with E-state index in [1.165, 1.54) is 0 Å². The van der Waals surface area contributed by atoms with Crippen molar-refractivity contribution >= 4 is 11.9 Å². The van der Waals surface area contributed by atoms with Crippen LogP contribution in [0.2, 0.25) is 0 Å². The summed E-state index contributed by atoms with van der Waals surface area (Å²) < 4.78 is 0. The molecule has 1 amide bonds. The molecule has 0 aromatic heterocycles. The molecule has 5 heteroatoms. The number of carbonyl (C=O) groups excluding carboxylic acids is 2. The van der Waals surface area contributed by atoms with E-state index in [2.05, 4.69) is 0 Å². The summed E-state index contributed by atoms with van der Waals surface area (Å²) in [6.07, 6.45) is 3.87. The molecule has 0 aromatic rings. The van der Waals surface area contributed by atoms with Crippen molar-refractivity contribution in [2.75, 3.05) is 0 Å². The summed E-state index contributed by atoms with van der Waals surface area (Å²) in [5.41, 5.74) is 5.24. The molecule has 0 bridgehead atoms. The fraction of sp³-hybridized carbons (Fsp3) is 0.857. The molecule has 0 aromatic carbocycles. The van der Waals surface area contributed by atoms with Crippen molar-refractivity contribution in [2.45, 2.75) is 64.9 Å². The maximum absolute atomic E-state index is 11.1. The number of nitrogens with two attached hydrogens (primary N) is 1. The first-order valence-electron chi connectivity index (χ1n) is 7.06. The number of carboxylic acids is 1. The first-order valence-corrected chi connectivity index (χ1v) is 7.06. The molecule has 5 nitrogen and oxygen atoms in total. The number of rotatable bonds is 11. The number of primary amides is 1. The molecule has 112 valence electrons. The molecule has 0 spiro atoms. The van der Waals surface area contributed by atoms with Gasteiger partial charge in [0.05, 0.1) is 6.10 Å². The van der Waals surface area contributed by atoms with Crippen LogP contribution in [-0.4, -0.2) is 23.1 Å². The minimum Gasteiger partial charge on any atom is -0.550 e. The quantitative estimate of drug-likeness (QED) is 0.574. The Morgan fingerprint density at radius 1 is 1.11 bits per heavy atom. The third kappa shape index (κ3) is 8.59. The lowest BCUT2D eigenvalue weighted by Gasteiger charge is -2.19. The molecule has 3 atom stereocenters. The van der Waals surface area contributed by atoms with Crippen LogP contribution in [0.3, 0.4) is 0 Å². The Labute approximate surface area is 115 Å². The minimum atomic E-state index is -1.04. The third-order valence-corrected chi connectivity index (χ3v) is 3.51. The Kier molecular flexibility index (Phi) is 9.21. The van der Waals surface area contributed by atoms with Gasteiger partial charge in [-0.05, 0) is 44.9 Å². The van der Waals surface area contributed by atoms with Gasteiger partial charge in [0.25, 0.3) is 0 Å². The monoisotopic (exact) mass is 272 g/mol. The molecule has 0 radical (unpaired) electrons. The van der Waals surface area contributed by atoms with Gasteiger partial charge in [0, 0.05) is 11.9 Å². The molecule has 0 saturated carbocycles. The number of carbonyl (C=O) groups is 2. The summed E-state index contributed by atoms with van der Waals surface area (Å²) >= 11 is 0. The van der Waals surface area contributed by atoms with E-state index in [9.17, 15) is 14.7 Å². The number of aliphatic hydroxyl groups excluding tert-OH is 1. The van der Waals surface area contributed by atoms with Gasteiger partial charge < -0.3 is 20.7 Å². The van der Waals surface area contributed by atoms with Gasteiger partial charge in [0.15, 0.2) is 0 Å². The average Bonchev–Trinajstić information content (AvgIpc) is 2.31. The highest BCUT2D eigenvalue weighted by Gasteiger charge is 2.15. The number of aliphatic hydroxyl groups is 1. The topological polar surface area (TPSA) is 103 Å².